The number of esters is 1. The summed E-state index contributed by atoms with van der Waals surface area (Å²) in [6.45, 7) is 1.60. The molecule has 0 aromatic heterocycles. The van der Waals surface area contributed by atoms with Gasteiger partial charge in [0, 0.05) is 6.54 Å². The fourth-order valence-corrected chi connectivity index (χ4v) is 4.18. The fraction of sp³-hybridized carbons (Fsp3) is 0.174. The predicted octanol–water partition coefficient (Wildman–Crippen LogP) is 3.64. The summed E-state index contributed by atoms with van der Waals surface area (Å²) in [5.74, 6) is -0.501. The molecule has 3 aromatic carbocycles. The molecule has 29 heavy (non-hydrogen) atoms. The maximum atomic E-state index is 12.8. The van der Waals surface area contributed by atoms with Crippen molar-refractivity contribution in [3.63, 3.8) is 0 Å². The van der Waals surface area contributed by atoms with E-state index in [1.807, 2.05) is 30.3 Å². The second-order valence-corrected chi connectivity index (χ2v) is 8.53. The number of benzene rings is 3. The van der Waals surface area contributed by atoms with Crippen LogP contribution in [-0.4, -0.2) is 28.0 Å². The molecule has 0 fully saturated rings. The van der Waals surface area contributed by atoms with Crippen molar-refractivity contribution in [1.82, 2.24) is 5.32 Å². The van der Waals surface area contributed by atoms with Crippen LogP contribution in [0.2, 0.25) is 0 Å². The van der Waals surface area contributed by atoms with E-state index in [2.05, 4.69) is 22.2 Å². The van der Waals surface area contributed by atoms with Crippen LogP contribution in [0.5, 0.6) is 0 Å². The molecule has 3 rings (SSSR count). The van der Waals surface area contributed by atoms with Gasteiger partial charge in [0.2, 0.25) is 9.84 Å². The molecule has 0 bridgehead atoms. The highest BCUT2D eigenvalue weighted by atomic mass is 32.2. The normalized spacial score (nSPS) is 11.2. The van der Waals surface area contributed by atoms with Gasteiger partial charge in [0.1, 0.15) is 0 Å². The quantitative estimate of drug-likeness (QED) is 0.454. The number of rotatable bonds is 8. The lowest BCUT2D eigenvalue weighted by molar-refractivity contribution is 0.0600. The van der Waals surface area contributed by atoms with Gasteiger partial charge in [-0.25, -0.2) is 13.2 Å². The van der Waals surface area contributed by atoms with Gasteiger partial charge in [0.05, 0.1) is 22.5 Å². The van der Waals surface area contributed by atoms with Crippen molar-refractivity contribution in [1.29, 1.82) is 0 Å². The van der Waals surface area contributed by atoms with E-state index in [9.17, 15) is 13.2 Å². The second-order valence-electron chi connectivity index (χ2n) is 6.58. The Hall–Kier alpha value is -2.96. The molecule has 0 atom stereocenters. The molecular weight excluding hydrogens is 386 g/mol. The second kappa shape index (κ2) is 9.49. The van der Waals surface area contributed by atoms with Crippen LogP contribution in [0, 0.1) is 0 Å². The average Bonchev–Trinajstić information content (AvgIpc) is 2.77. The van der Waals surface area contributed by atoms with Gasteiger partial charge >= 0.3 is 5.97 Å². The summed E-state index contributed by atoms with van der Waals surface area (Å²) in [7, 11) is -2.35. The van der Waals surface area contributed by atoms with E-state index in [1.54, 1.807) is 12.1 Å². The van der Waals surface area contributed by atoms with Crippen LogP contribution < -0.4 is 5.32 Å². The number of methoxy groups -OCH3 is 1. The first-order valence-electron chi connectivity index (χ1n) is 9.28. The molecule has 0 saturated carbocycles. The maximum Gasteiger partial charge on any atom is 0.337 e. The number of ether oxygens (including phenoxy) is 1. The summed E-state index contributed by atoms with van der Waals surface area (Å²) < 4.78 is 30.2. The summed E-state index contributed by atoms with van der Waals surface area (Å²) in [5.41, 5.74) is 2.60. The lowest BCUT2D eigenvalue weighted by atomic mass is 10.1. The van der Waals surface area contributed by atoms with Gasteiger partial charge in [-0.1, -0.05) is 42.5 Å². The fourth-order valence-electron chi connectivity index (χ4n) is 2.92. The van der Waals surface area contributed by atoms with Crippen LogP contribution in [0.3, 0.4) is 0 Å². The van der Waals surface area contributed by atoms with Gasteiger partial charge < -0.3 is 10.1 Å². The summed E-state index contributed by atoms with van der Waals surface area (Å²) in [6, 6.07) is 22.8. The molecule has 150 valence electrons. The molecule has 6 heteroatoms. The minimum Gasteiger partial charge on any atom is -0.465 e. The molecule has 0 aliphatic carbocycles. The Morgan fingerprint density at radius 3 is 2.00 bits per heavy atom. The lowest BCUT2D eigenvalue weighted by Gasteiger charge is -2.08. The third-order valence-electron chi connectivity index (χ3n) is 4.58. The van der Waals surface area contributed by atoms with Crippen molar-refractivity contribution < 1.29 is 17.9 Å². The van der Waals surface area contributed by atoms with Crippen molar-refractivity contribution >= 4 is 15.8 Å². The number of hydrogen-bond acceptors (Lipinski definition) is 5. The first-order chi connectivity index (χ1) is 14.0. The third-order valence-corrected chi connectivity index (χ3v) is 6.37. The number of nitrogens with one attached hydrogen (secondary N) is 1. The SMILES string of the molecule is COC(=O)c1ccc(S(=O)(=O)c2ccc(CCNCc3ccccc3)cc2)cc1. The van der Waals surface area contributed by atoms with Crippen LogP contribution in [-0.2, 0) is 27.5 Å². The number of carbonyl (C=O) groups is 1. The Balaban J connectivity index is 1.60. The van der Waals surface area contributed by atoms with E-state index in [0.717, 1.165) is 25.1 Å². The minimum absolute atomic E-state index is 0.141. The zero-order valence-corrected chi connectivity index (χ0v) is 17.0. The van der Waals surface area contributed by atoms with Gasteiger partial charge in [0.25, 0.3) is 0 Å². The van der Waals surface area contributed by atoms with Crippen molar-refractivity contribution in [2.75, 3.05) is 13.7 Å². The third kappa shape index (κ3) is 5.31. The van der Waals surface area contributed by atoms with Crippen molar-refractivity contribution in [3.05, 3.63) is 95.6 Å². The monoisotopic (exact) mass is 409 g/mol. The summed E-state index contributed by atoms with van der Waals surface area (Å²) >= 11 is 0. The molecule has 0 unspecified atom stereocenters. The zero-order chi connectivity index (χ0) is 20.7. The Kier molecular flexibility index (Phi) is 6.80. The Labute approximate surface area is 171 Å². The van der Waals surface area contributed by atoms with E-state index in [-0.39, 0.29) is 9.79 Å². The standard InChI is InChI=1S/C23H23NO4S/c1-28-23(25)20-9-13-22(14-10-20)29(26,27)21-11-7-18(8-12-21)15-16-24-17-19-5-3-2-4-6-19/h2-14,24H,15-17H2,1H3. The van der Waals surface area contributed by atoms with Gasteiger partial charge in [-0.2, -0.15) is 0 Å². The molecule has 0 amide bonds. The molecular formula is C23H23NO4S. The highest BCUT2D eigenvalue weighted by molar-refractivity contribution is 7.91. The molecule has 5 nitrogen and oxygen atoms in total. The Morgan fingerprint density at radius 1 is 0.828 bits per heavy atom. The first-order valence-corrected chi connectivity index (χ1v) is 10.8. The first kappa shape index (κ1) is 20.8. The van der Waals surface area contributed by atoms with Gasteiger partial charge in [-0.3, -0.25) is 0 Å². The molecule has 1 N–H and O–H groups in total. The van der Waals surface area contributed by atoms with Crippen LogP contribution in [0.25, 0.3) is 0 Å². The maximum absolute atomic E-state index is 12.8. The van der Waals surface area contributed by atoms with Crippen molar-refractivity contribution in [2.24, 2.45) is 0 Å². The van der Waals surface area contributed by atoms with Gasteiger partial charge in [0.15, 0.2) is 0 Å². The molecule has 0 radical (unpaired) electrons. The molecule has 0 spiro atoms. The van der Waals surface area contributed by atoms with Crippen LogP contribution in [0.15, 0.2) is 88.7 Å². The minimum atomic E-state index is -3.63. The van der Waals surface area contributed by atoms with E-state index in [0.29, 0.717) is 5.56 Å². The van der Waals surface area contributed by atoms with E-state index in [4.69, 9.17) is 0 Å². The Morgan fingerprint density at radius 2 is 1.41 bits per heavy atom. The van der Waals surface area contributed by atoms with Crippen molar-refractivity contribution in [2.45, 2.75) is 22.8 Å². The van der Waals surface area contributed by atoms with Crippen LogP contribution >= 0.6 is 0 Å². The van der Waals surface area contributed by atoms with E-state index < -0.39 is 15.8 Å². The van der Waals surface area contributed by atoms with Crippen LogP contribution in [0.4, 0.5) is 0 Å². The highest BCUT2D eigenvalue weighted by Crippen LogP contribution is 2.22. The van der Waals surface area contributed by atoms with E-state index in [1.165, 1.54) is 36.9 Å². The number of carbonyl (C=O) groups excluding carboxylic acids is 1. The van der Waals surface area contributed by atoms with E-state index >= 15 is 0 Å². The Bertz CT molecular complexity index is 1040. The molecule has 0 heterocycles. The summed E-state index contributed by atoms with van der Waals surface area (Å²) in [5, 5.41) is 3.38. The topological polar surface area (TPSA) is 72.5 Å². The molecule has 0 aliphatic rings. The predicted molar refractivity (Wildman–Crippen MR) is 112 cm³/mol. The van der Waals surface area contributed by atoms with Gasteiger partial charge in [-0.15, -0.1) is 0 Å². The average molecular weight is 410 g/mol. The molecule has 0 aliphatic heterocycles. The lowest BCUT2D eigenvalue weighted by Crippen LogP contribution is -2.16. The summed E-state index contributed by atoms with van der Waals surface area (Å²) in [4.78, 5) is 11.9. The smallest absolute Gasteiger partial charge is 0.337 e. The van der Waals surface area contributed by atoms with Gasteiger partial charge in [-0.05, 0) is 60.5 Å². The number of sulfone groups is 1. The summed E-state index contributed by atoms with van der Waals surface area (Å²) in [6.07, 6.45) is 0.807. The zero-order valence-electron chi connectivity index (χ0n) is 16.2. The number of hydrogen-bond donors (Lipinski definition) is 1. The molecule has 0 saturated heterocycles. The molecule has 3 aromatic rings. The highest BCUT2D eigenvalue weighted by Gasteiger charge is 2.18. The largest absolute Gasteiger partial charge is 0.465 e. The van der Waals surface area contributed by atoms with Crippen molar-refractivity contribution in [3.8, 4) is 0 Å². The van der Waals surface area contributed by atoms with Crippen LogP contribution in [0.1, 0.15) is 21.5 Å².